The second kappa shape index (κ2) is 6.65. The Labute approximate surface area is 110 Å². The smallest absolute Gasteiger partial charge is 0.253 e. The first-order valence-corrected chi connectivity index (χ1v) is 5.77. The number of Topliss-reactive ketones (excluding diaryl/α,β-unsaturated/α-hetero) is 1. The van der Waals surface area contributed by atoms with Crippen LogP contribution in [0.2, 0.25) is 0 Å². The van der Waals surface area contributed by atoms with Crippen LogP contribution in [0.15, 0.2) is 18.2 Å². The van der Waals surface area contributed by atoms with Gasteiger partial charge in [0.05, 0.1) is 17.9 Å². The van der Waals surface area contributed by atoms with Crippen LogP contribution in [0.4, 0.5) is 5.69 Å². The summed E-state index contributed by atoms with van der Waals surface area (Å²) in [5.41, 5.74) is 0.923. The second-order valence-electron chi connectivity index (χ2n) is 3.98. The lowest BCUT2D eigenvalue weighted by molar-refractivity contribution is -0.114. The van der Waals surface area contributed by atoms with Crippen molar-refractivity contribution < 1.29 is 19.5 Å². The number of hydrogen-bond donors (Lipinski definition) is 3. The molecule has 1 rings (SSSR count). The van der Waals surface area contributed by atoms with E-state index in [0.29, 0.717) is 5.56 Å². The largest absolute Gasteiger partial charge is 0.395 e. The van der Waals surface area contributed by atoms with E-state index in [1.54, 1.807) is 0 Å². The predicted molar refractivity (Wildman–Crippen MR) is 70.2 cm³/mol. The molecule has 0 saturated heterocycles. The number of aliphatic hydroxyl groups is 1. The van der Waals surface area contributed by atoms with E-state index in [2.05, 4.69) is 10.6 Å². The number of carbonyl (C=O) groups is 3. The van der Waals surface area contributed by atoms with Gasteiger partial charge >= 0.3 is 0 Å². The summed E-state index contributed by atoms with van der Waals surface area (Å²) in [6.07, 6.45) is 0. The van der Waals surface area contributed by atoms with Crippen LogP contribution < -0.4 is 10.6 Å². The quantitative estimate of drug-likeness (QED) is 0.677. The summed E-state index contributed by atoms with van der Waals surface area (Å²) >= 11 is 0. The van der Waals surface area contributed by atoms with Crippen molar-refractivity contribution in [1.82, 2.24) is 5.32 Å². The van der Waals surface area contributed by atoms with E-state index < -0.39 is 5.91 Å². The summed E-state index contributed by atoms with van der Waals surface area (Å²) in [6, 6.07) is 4.44. The normalized spacial score (nSPS) is 9.84. The summed E-state index contributed by atoms with van der Waals surface area (Å²) in [5.74, 6) is -0.918. The van der Waals surface area contributed by atoms with Gasteiger partial charge in [-0.1, -0.05) is 6.07 Å². The van der Waals surface area contributed by atoms with Gasteiger partial charge in [-0.05, 0) is 19.1 Å². The summed E-state index contributed by atoms with van der Waals surface area (Å²) in [4.78, 5) is 34.2. The van der Waals surface area contributed by atoms with Crippen LogP contribution in [-0.4, -0.2) is 35.9 Å². The molecule has 0 fully saturated rings. The third-order valence-electron chi connectivity index (χ3n) is 2.38. The molecule has 0 aliphatic heterocycles. The molecule has 6 nitrogen and oxygen atoms in total. The standard InChI is InChI=1S/C13H16N2O4/c1-8(17)10-3-4-11(13(19)14-5-6-16)12(7-10)15-9(2)18/h3-4,7,16H,5-6H2,1-2H3,(H,14,19)(H,15,18). The maximum atomic E-state index is 11.8. The Kier molecular flexibility index (Phi) is 5.20. The lowest BCUT2D eigenvalue weighted by Gasteiger charge is -2.11. The monoisotopic (exact) mass is 264 g/mol. The molecule has 0 heterocycles. The fourth-order valence-electron chi connectivity index (χ4n) is 1.52. The van der Waals surface area contributed by atoms with Crippen LogP contribution in [0.3, 0.4) is 0 Å². The summed E-state index contributed by atoms with van der Waals surface area (Å²) in [5, 5.41) is 13.7. The van der Waals surface area contributed by atoms with Gasteiger partial charge in [0, 0.05) is 19.0 Å². The zero-order valence-electron chi connectivity index (χ0n) is 10.8. The molecule has 0 spiro atoms. The van der Waals surface area contributed by atoms with Crippen LogP contribution in [-0.2, 0) is 4.79 Å². The molecule has 1 aromatic rings. The van der Waals surface area contributed by atoms with Crippen molar-refractivity contribution in [2.45, 2.75) is 13.8 Å². The van der Waals surface area contributed by atoms with E-state index in [0.717, 1.165) is 0 Å². The molecule has 102 valence electrons. The Morgan fingerprint density at radius 1 is 1.21 bits per heavy atom. The Hall–Kier alpha value is -2.21. The van der Waals surface area contributed by atoms with Gasteiger partial charge in [0.15, 0.2) is 5.78 Å². The summed E-state index contributed by atoms with van der Waals surface area (Å²) in [6.45, 7) is 2.66. The highest BCUT2D eigenvalue weighted by molar-refractivity contribution is 6.05. The molecule has 0 aliphatic carbocycles. The van der Waals surface area contributed by atoms with Crippen LogP contribution in [0, 0.1) is 0 Å². The van der Waals surface area contributed by atoms with Crippen LogP contribution in [0.1, 0.15) is 34.6 Å². The van der Waals surface area contributed by atoms with Gasteiger partial charge in [-0.25, -0.2) is 0 Å². The lowest BCUT2D eigenvalue weighted by atomic mass is 10.1. The van der Waals surface area contributed by atoms with Crippen molar-refractivity contribution in [2.24, 2.45) is 0 Å². The first-order chi connectivity index (χ1) is 8.95. The molecule has 6 heteroatoms. The summed E-state index contributed by atoms with van der Waals surface area (Å²) in [7, 11) is 0. The molecule has 0 aromatic heterocycles. The van der Waals surface area contributed by atoms with Crippen molar-refractivity contribution >= 4 is 23.3 Å². The lowest BCUT2D eigenvalue weighted by Crippen LogP contribution is -2.27. The minimum absolute atomic E-state index is 0.118. The molecular formula is C13H16N2O4. The van der Waals surface area contributed by atoms with Gasteiger partial charge in [-0.15, -0.1) is 0 Å². The molecule has 2 amide bonds. The number of amides is 2. The molecule has 3 N–H and O–H groups in total. The van der Waals surface area contributed by atoms with Gasteiger partial charge in [0.2, 0.25) is 5.91 Å². The van der Waals surface area contributed by atoms with Gasteiger partial charge in [0.1, 0.15) is 0 Å². The van der Waals surface area contributed by atoms with Crippen LogP contribution in [0.25, 0.3) is 0 Å². The first-order valence-electron chi connectivity index (χ1n) is 5.77. The minimum Gasteiger partial charge on any atom is -0.395 e. The Morgan fingerprint density at radius 3 is 2.42 bits per heavy atom. The molecule has 1 aromatic carbocycles. The molecule has 0 aliphatic rings. The molecule has 0 saturated carbocycles. The highest BCUT2D eigenvalue weighted by Gasteiger charge is 2.13. The number of rotatable bonds is 5. The highest BCUT2D eigenvalue weighted by atomic mass is 16.3. The SMILES string of the molecule is CC(=O)Nc1cc(C(C)=O)ccc1C(=O)NCCO. The number of hydrogen-bond acceptors (Lipinski definition) is 4. The topological polar surface area (TPSA) is 95.5 Å². The van der Waals surface area contributed by atoms with Crippen molar-refractivity contribution in [2.75, 3.05) is 18.5 Å². The van der Waals surface area contributed by atoms with Crippen molar-refractivity contribution in [3.8, 4) is 0 Å². The zero-order chi connectivity index (χ0) is 14.4. The average Bonchev–Trinajstić information content (AvgIpc) is 2.35. The highest BCUT2D eigenvalue weighted by Crippen LogP contribution is 2.18. The van der Waals surface area contributed by atoms with Gasteiger partial charge in [-0.2, -0.15) is 0 Å². The predicted octanol–water partition coefficient (Wildman–Crippen LogP) is 0.570. The number of aliphatic hydroxyl groups excluding tert-OH is 1. The molecule has 0 bridgehead atoms. The third-order valence-corrected chi connectivity index (χ3v) is 2.38. The minimum atomic E-state index is -0.423. The molecule has 0 unspecified atom stereocenters. The average molecular weight is 264 g/mol. The Morgan fingerprint density at radius 2 is 1.89 bits per heavy atom. The van der Waals surface area contributed by atoms with E-state index in [4.69, 9.17) is 5.11 Å². The van der Waals surface area contributed by atoms with E-state index in [9.17, 15) is 14.4 Å². The second-order valence-corrected chi connectivity index (χ2v) is 3.98. The molecular weight excluding hydrogens is 248 g/mol. The number of benzene rings is 1. The van der Waals surface area contributed by atoms with Crippen molar-refractivity contribution in [3.63, 3.8) is 0 Å². The fraction of sp³-hybridized carbons (Fsp3) is 0.308. The van der Waals surface area contributed by atoms with Crippen LogP contribution in [0.5, 0.6) is 0 Å². The number of anilines is 1. The zero-order valence-corrected chi connectivity index (χ0v) is 10.8. The number of ketones is 1. The Bertz CT molecular complexity index is 511. The first kappa shape index (κ1) is 14.8. The third kappa shape index (κ3) is 4.18. The molecule has 0 atom stereocenters. The number of carbonyl (C=O) groups excluding carboxylic acids is 3. The number of nitrogens with one attached hydrogen (secondary N) is 2. The molecule has 19 heavy (non-hydrogen) atoms. The molecule has 0 radical (unpaired) electrons. The van der Waals surface area contributed by atoms with Crippen molar-refractivity contribution in [1.29, 1.82) is 0 Å². The van der Waals surface area contributed by atoms with Crippen molar-refractivity contribution in [3.05, 3.63) is 29.3 Å². The van der Waals surface area contributed by atoms with E-state index in [1.807, 2.05) is 0 Å². The Balaban J connectivity index is 3.11. The van der Waals surface area contributed by atoms with E-state index in [-0.39, 0.29) is 36.1 Å². The fourth-order valence-corrected chi connectivity index (χ4v) is 1.52. The van der Waals surface area contributed by atoms with Crippen LogP contribution >= 0.6 is 0 Å². The maximum absolute atomic E-state index is 11.8. The maximum Gasteiger partial charge on any atom is 0.253 e. The summed E-state index contributed by atoms with van der Waals surface area (Å²) < 4.78 is 0. The van der Waals surface area contributed by atoms with Gasteiger partial charge in [0.25, 0.3) is 5.91 Å². The van der Waals surface area contributed by atoms with E-state index >= 15 is 0 Å². The van der Waals surface area contributed by atoms with Gasteiger partial charge < -0.3 is 15.7 Å². The van der Waals surface area contributed by atoms with E-state index in [1.165, 1.54) is 32.0 Å². The van der Waals surface area contributed by atoms with Gasteiger partial charge in [-0.3, -0.25) is 14.4 Å².